The highest BCUT2D eigenvalue weighted by molar-refractivity contribution is 5.87. The number of ether oxygens (including phenoxy) is 1. The smallest absolute Gasteiger partial charge is 0.333 e. The Hall–Kier alpha value is -0.870. The molecule has 4 heteroatoms. The van der Waals surface area contributed by atoms with Gasteiger partial charge in [0.05, 0.1) is 0 Å². The van der Waals surface area contributed by atoms with Crippen LogP contribution in [0.5, 0.6) is 0 Å². The molecule has 0 saturated heterocycles. The average Bonchev–Trinajstić information content (AvgIpc) is 2.44. The largest absolute Gasteiger partial charge is 0.459 e. The summed E-state index contributed by atoms with van der Waals surface area (Å²) < 4.78 is 5.58. The second-order valence-corrected chi connectivity index (χ2v) is 6.47. The number of allylic oxidation sites excluding steroid dienone is 1. The summed E-state index contributed by atoms with van der Waals surface area (Å²) in [6, 6.07) is 0.631. The van der Waals surface area contributed by atoms with Gasteiger partial charge in [-0.15, -0.1) is 0 Å². The molecule has 0 radical (unpaired) electrons. The van der Waals surface area contributed by atoms with Crippen molar-refractivity contribution in [2.75, 3.05) is 0 Å². The Morgan fingerprint density at radius 2 is 1.45 bits per heavy atom. The molecule has 0 aromatic carbocycles. The molecule has 2 saturated carbocycles. The Balaban J connectivity index is 1.79. The number of hydrogen-bond donors (Lipinski definition) is 2. The third-order valence-electron chi connectivity index (χ3n) is 4.62. The third-order valence-corrected chi connectivity index (χ3v) is 4.62. The molecule has 2 rings (SSSR count). The fourth-order valence-electron chi connectivity index (χ4n) is 3.18. The van der Waals surface area contributed by atoms with Gasteiger partial charge < -0.3 is 16.2 Å². The highest BCUT2D eigenvalue weighted by Gasteiger charge is 2.23. The molecule has 0 heterocycles. The fraction of sp³-hybridized carbons (Fsp3) is 0.812. The summed E-state index contributed by atoms with van der Waals surface area (Å²) in [4.78, 5) is 12.1. The maximum absolute atomic E-state index is 12.1. The summed E-state index contributed by atoms with van der Waals surface area (Å²) >= 11 is 0. The van der Waals surface area contributed by atoms with Crippen LogP contribution in [0.25, 0.3) is 0 Å². The molecular formula is C16H28N2O2. The summed E-state index contributed by atoms with van der Waals surface area (Å²) in [6.07, 6.45) is 10.2. The topological polar surface area (TPSA) is 78.3 Å². The predicted molar refractivity (Wildman–Crippen MR) is 80.0 cm³/mol. The summed E-state index contributed by atoms with van der Waals surface area (Å²) in [5.41, 5.74) is 12.5. The van der Waals surface area contributed by atoms with Crippen LogP contribution in [0.1, 0.15) is 58.3 Å². The van der Waals surface area contributed by atoms with Crippen molar-refractivity contribution in [2.45, 2.75) is 76.5 Å². The van der Waals surface area contributed by atoms with Crippen LogP contribution in [0.3, 0.4) is 0 Å². The van der Waals surface area contributed by atoms with Crippen molar-refractivity contribution in [3.8, 4) is 0 Å². The molecule has 2 fully saturated rings. The van der Waals surface area contributed by atoms with Gasteiger partial charge in [0.25, 0.3) is 0 Å². The molecule has 20 heavy (non-hydrogen) atoms. The number of hydrogen-bond acceptors (Lipinski definition) is 4. The summed E-state index contributed by atoms with van der Waals surface area (Å²) in [5.74, 6) is 0.336. The lowest BCUT2D eigenvalue weighted by molar-refractivity contribution is -0.145. The van der Waals surface area contributed by atoms with E-state index in [9.17, 15) is 4.79 Å². The van der Waals surface area contributed by atoms with Crippen molar-refractivity contribution in [3.63, 3.8) is 0 Å². The number of esters is 1. The molecule has 4 nitrogen and oxygen atoms in total. The van der Waals surface area contributed by atoms with Gasteiger partial charge in [0.1, 0.15) is 6.10 Å². The molecule has 4 N–H and O–H groups in total. The van der Waals surface area contributed by atoms with Gasteiger partial charge in [-0.2, -0.15) is 0 Å². The quantitative estimate of drug-likeness (QED) is 0.614. The van der Waals surface area contributed by atoms with E-state index in [0.29, 0.717) is 12.0 Å². The Kier molecular flexibility index (Phi) is 5.61. The van der Waals surface area contributed by atoms with Gasteiger partial charge in [-0.25, -0.2) is 4.79 Å². The lowest BCUT2D eigenvalue weighted by atomic mass is 9.85. The molecule has 0 aromatic rings. The van der Waals surface area contributed by atoms with E-state index in [-0.39, 0.29) is 18.1 Å². The standard InChI is InChI=1S/C16H28N2O2/c1-11(10-12-2-4-13(17)5-3-12)16(19)20-15-8-6-14(18)7-9-15/h10,12-15H,2-9,17-18H2,1H3. The average molecular weight is 280 g/mol. The lowest BCUT2D eigenvalue weighted by Crippen LogP contribution is -2.31. The van der Waals surface area contributed by atoms with Crippen LogP contribution in [0.2, 0.25) is 0 Å². The highest BCUT2D eigenvalue weighted by atomic mass is 16.5. The van der Waals surface area contributed by atoms with Crippen LogP contribution in [0, 0.1) is 5.92 Å². The monoisotopic (exact) mass is 280 g/mol. The summed E-state index contributed by atoms with van der Waals surface area (Å²) in [7, 11) is 0. The fourth-order valence-corrected chi connectivity index (χ4v) is 3.18. The second kappa shape index (κ2) is 7.23. The van der Waals surface area contributed by atoms with Crippen molar-refractivity contribution in [1.29, 1.82) is 0 Å². The van der Waals surface area contributed by atoms with E-state index < -0.39 is 0 Å². The molecular weight excluding hydrogens is 252 g/mol. The lowest BCUT2D eigenvalue weighted by Gasteiger charge is -2.26. The Morgan fingerprint density at radius 1 is 0.950 bits per heavy atom. The first-order chi connectivity index (χ1) is 9.54. The molecule has 0 spiro atoms. The van der Waals surface area contributed by atoms with E-state index in [1.165, 1.54) is 0 Å². The number of carbonyl (C=O) groups excluding carboxylic acids is 1. The Labute approximate surface area is 121 Å². The van der Waals surface area contributed by atoms with Crippen molar-refractivity contribution < 1.29 is 9.53 Å². The first-order valence-electron chi connectivity index (χ1n) is 7.95. The molecule has 0 aliphatic heterocycles. The zero-order valence-electron chi connectivity index (χ0n) is 12.5. The van der Waals surface area contributed by atoms with Gasteiger partial charge in [0.2, 0.25) is 0 Å². The Bertz CT molecular complexity index is 351. The minimum Gasteiger partial charge on any atom is -0.459 e. The van der Waals surface area contributed by atoms with E-state index >= 15 is 0 Å². The van der Waals surface area contributed by atoms with Crippen LogP contribution in [0.4, 0.5) is 0 Å². The van der Waals surface area contributed by atoms with Crippen LogP contribution in [0.15, 0.2) is 11.6 Å². The van der Waals surface area contributed by atoms with Gasteiger partial charge in [0, 0.05) is 17.7 Å². The molecule has 2 aliphatic carbocycles. The van der Waals surface area contributed by atoms with Crippen molar-refractivity contribution >= 4 is 5.97 Å². The van der Waals surface area contributed by atoms with Gasteiger partial charge in [0.15, 0.2) is 0 Å². The molecule has 0 atom stereocenters. The van der Waals surface area contributed by atoms with Crippen LogP contribution in [-0.4, -0.2) is 24.2 Å². The third kappa shape index (κ3) is 4.60. The second-order valence-electron chi connectivity index (χ2n) is 6.47. The van der Waals surface area contributed by atoms with Crippen LogP contribution >= 0.6 is 0 Å². The van der Waals surface area contributed by atoms with Crippen molar-refractivity contribution in [1.82, 2.24) is 0 Å². The molecule has 0 aromatic heterocycles. The molecule has 2 aliphatic rings. The summed E-state index contributed by atoms with van der Waals surface area (Å²) in [6.45, 7) is 1.87. The molecule has 0 bridgehead atoms. The van der Waals surface area contributed by atoms with E-state index in [2.05, 4.69) is 6.08 Å². The SMILES string of the molecule is CC(=CC1CCC(N)CC1)C(=O)OC1CCC(N)CC1. The van der Waals surface area contributed by atoms with Gasteiger partial charge in [-0.05, 0) is 64.2 Å². The van der Waals surface area contributed by atoms with Gasteiger partial charge >= 0.3 is 5.97 Å². The van der Waals surface area contributed by atoms with Gasteiger partial charge in [-0.3, -0.25) is 0 Å². The normalized spacial score (nSPS) is 35.6. The van der Waals surface area contributed by atoms with Crippen molar-refractivity contribution in [2.24, 2.45) is 17.4 Å². The molecule has 114 valence electrons. The maximum Gasteiger partial charge on any atom is 0.333 e. The minimum absolute atomic E-state index is 0.0606. The molecule has 0 unspecified atom stereocenters. The molecule has 0 amide bonds. The zero-order valence-corrected chi connectivity index (χ0v) is 12.5. The van der Waals surface area contributed by atoms with E-state index in [0.717, 1.165) is 56.9 Å². The first kappa shape index (κ1) is 15.5. The highest BCUT2D eigenvalue weighted by Crippen LogP contribution is 2.26. The van der Waals surface area contributed by atoms with E-state index in [4.69, 9.17) is 16.2 Å². The van der Waals surface area contributed by atoms with Crippen LogP contribution in [-0.2, 0) is 9.53 Å². The Morgan fingerprint density at radius 3 is 2.00 bits per heavy atom. The van der Waals surface area contributed by atoms with Crippen LogP contribution < -0.4 is 11.5 Å². The number of nitrogens with two attached hydrogens (primary N) is 2. The number of rotatable bonds is 3. The minimum atomic E-state index is -0.152. The van der Waals surface area contributed by atoms with E-state index in [1.807, 2.05) is 6.92 Å². The zero-order chi connectivity index (χ0) is 14.5. The maximum atomic E-state index is 12.1. The number of carbonyl (C=O) groups is 1. The van der Waals surface area contributed by atoms with E-state index in [1.54, 1.807) is 0 Å². The van der Waals surface area contributed by atoms with Crippen molar-refractivity contribution in [3.05, 3.63) is 11.6 Å². The van der Waals surface area contributed by atoms with Gasteiger partial charge in [-0.1, -0.05) is 6.08 Å². The predicted octanol–water partition coefficient (Wildman–Crippen LogP) is 2.26. The summed E-state index contributed by atoms with van der Waals surface area (Å²) in [5, 5.41) is 0. The first-order valence-corrected chi connectivity index (χ1v) is 7.95.